The van der Waals surface area contributed by atoms with Crippen LogP contribution in [0.1, 0.15) is 5.56 Å². The van der Waals surface area contributed by atoms with Crippen LogP contribution in [0.3, 0.4) is 0 Å². The van der Waals surface area contributed by atoms with Crippen molar-refractivity contribution in [2.24, 2.45) is 0 Å². The summed E-state index contributed by atoms with van der Waals surface area (Å²) >= 11 is 0. The van der Waals surface area contributed by atoms with E-state index in [0.29, 0.717) is 5.56 Å². The molecule has 18 rings (SSSR count). The number of hydrogen-bond acceptors (Lipinski definition) is 3. The van der Waals surface area contributed by atoms with Crippen LogP contribution in [-0.2, 0) is 0 Å². The largest absolute Gasteiger partial charge is 0.458 e. The van der Waals surface area contributed by atoms with Gasteiger partial charge in [-0.25, -0.2) is 0 Å². The summed E-state index contributed by atoms with van der Waals surface area (Å²) in [6.45, 7) is -0.176. The second-order valence-electron chi connectivity index (χ2n) is 22.9. The molecule has 404 valence electrons. The smallest absolute Gasteiger partial charge is 0.260 e. The molecule has 0 bridgehead atoms. The van der Waals surface area contributed by atoms with Gasteiger partial charge in [-0.1, -0.05) is 231 Å². The molecule has 0 fully saturated rings. The Morgan fingerprint density at radius 2 is 0.724 bits per heavy atom. The average molecular weight is 1130 g/mol. The van der Waals surface area contributed by atoms with E-state index in [1.165, 1.54) is 20.7 Å². The minimum absolute atomic E-state index is 0.176. The first-order valence-electron chi connectivity index (χ1n) is 29.7. The third kappa shape index (κ3) is 7.03. The summed E-state index contributed by atoms with van der Waals surface area (Å²) in [6.07, 6.45) is 0. The van der Waals surface area contributed by atoms with Crippen molar-refractivity contribution in [3.63, 3.8) is 0 Å². The molecule has 2 aliphatic heterocycles. The van der Waals surface area contributed by atoms with E-state index in [0.717, 1.165) is 133 Å². The molecule has 0 spiro atoms. The summed E-state index contributed by atoms with van der Waals surface area (Å²) in [6, 6.07) is 110. The number of ether oxygens (including phenoxy) is 2. The maximum Gasteiger partial charge on any atom is 0.260 e. The normalized spacial score (nSPS) is 12.5. The molecule has 0 saturated carbocycles. The van der Waals surface area contributed by atoms with Crippen LogP contribution in [0.2, 0.25) is 0 Å². The summed E-state index contributed by atoms with van der Waals surface area (Å²) in [7, 11) is -2.97. The van der Waals surface area contributed by atoms with E-state index in [1.54, 1.807) is 0 Å². The molecule has 0 aliphatic carbocycles. The van der Waals surface area contributed by atoms with Crippen molar-refractivity contribution in [1.29, 1.82) is 5.26 Å². The highest BCUT2D eigenvalue weighted by atomic mass is 28.3. The number of benzene rings is 13. The number of fused-ring (bicyclic) bond motifs is 13. The van der Waals surface area contributed by atoms with Crippen LogP contribution in [0.15, 0.2) is 297 Å². The molecule has 0 atom stereocenters. The molecular formula is C79H49BN4O2Si. The van der Waals surface area contributed by atoms with Gasteiger partial charge < -0.3 is 23.2 Å². The Labute approximate surface area is 502 Å². The van der Waals surface area contributed by atoms with Gasteiger partial charge in [-0.15, -0.1) is 0 Å². The van der Waals surface area contributed by atoms with E-state index in [1.807, 2.05) is 0 Å². The third-order valence-corrected chi connectivity index (χ3v) is 23.3. The zero-order valence-corrected chi connectivity index (χ0v) is 48.0. The lowest BCUT2D eigenvalue weighted by molar-refractivity contribution is 0.463. The first kappa shape index (κ1) is 49.1. The summed E-state index contributed by atoms with van der Waals surface area (Å²) in [5, 5.41) is 24.1. The first-order valence-corrected chi connectivity index (χ1v) is 31.7. The summed E-state index contributed by atoms with van der Waals surface area (Å²) in [5.74, 6) is 3.05. The molecule has 0 radical (unpaired) electrons. The van der Waals surface area contributed by atoms with Gasteiger partial charge in [-0.3, -0.25) is 0 Å². The van der Waals surface area contributed by atoms with Crippen molar-refractivity contribution < 1.29 is 9.47 Å². The fourth-order valence-corrected chi connectivity index (χ4v) is 19.8. The highest BCUT2D eigenvalue weighted by Gasteiger charge is 2.44. The Bertz CT molecular complexity index is 5350. The van der Waals surface area contributed by atoms with Gasteiger partial charge in [-0.2, -0.15) is 5.26 Å². The molecule has 0 saturated heterocycles. The molecule has 5 heterocycles. The molecule has 13 aromatic carbocycles. The van der Waals surface area contributed by atoms with E-state index in [9.17, 15) is 5.26 Å². The van der Waals surface area contributed by atoms with Gasteiger partial charge in [0.05, 0.1) is 50.2 Å². The molecule has 0 unspecified atom stereocenters. The van der Waals surface area contributed by atoms with E-state index >= 15 is 0 Å². The number of nitrogens with zero attached hydrogens (tertiary/aromatic N) is 4. The molecule has 3 aromatic heterocycles. The Kier molecular flexibility index (Phi) is 10.8. The quantitative estimate of drug-likeness (QED) is 0.113. The van der Waals surface area contributed by atoms with E-state index in [-0.39, 0.29) is 6.71 Å². The Morgan fingerprint density at radius 1 is 0.333 bits per heavy atom. The third-order valence-electron chi connectivity index (χ3n) is 18.5. The van der Waals surface area contributed by atoms with Gasteiger partial charge in [0.2, 0.25) is 0 Å². The number of aromatic nitrogens is 3. The van der Waals surface area contributed by atoms with Crippen molar-refractivity contribution in [3.8, 4) is 57.3 Å². The zero-order chi connectivity index (χ0) is 57.3. The summed E-state index contributed by atoms with van der Waals surface area (Å²) in [4.78, 5) is 0. The van der Waals surface area contributed by atoms with Crippen LogP contribution < -0.4 is 46.6 Å². The number of hydrogen-bond donors (Lipinski definition) is 0. The van der Waals surface area contributed by atoms with Gasteiger partial charge in [-0.05, 0) is 104 Å². The molecule has 8 heteroatoms. The SMILES string of the molecule is N#Cc1c(-n2c3ccccc3c3ccccc32)cc(-c2cc3c4c(c2-n2c5ccccc5c5ccccc52)Oc2ccccc2B4c2ccccc2O3)cc1-n1c2ccccc2c2cc([Si](c3ccccc3)(c3ccccc3)c3ccccc3)ccc21. The van der Waals surface area contributed by atoms with Crippen LogP contribution in [0.5, 0.6) is 23.0 Å². The standard InChI is InChI=1S/C79H49BN4O2Si/c81-50-63-72(82-66-37-17-10-30-56(66)57-31-11-18-38-67(57)82)46-51(47-73(63)83-68-39-19-14-34-60(68)62-48-55(44-45-71(62)83)87(52-24-4-1-5-25-52,53-26-6-2-7-27-53)54-28-8-3-9-29-54)61-49-76-77-79(78(61)84-69-40-20-12-32-58(69)59-33-13-21-41-70(59)84)86-75-43-23-16-36-65(75)80(77)64-35-15-22-42-74(64)85-76/h1-49H. The molecule has 6 nitrogen and oxygen atoms in total. The zero-order valence-electron chi connectivity index (χ0n) is 47.0. The highest BCUT2D eigenvalue weighted by molar-refractivity contribution is 7.20. The van der Waals surface area contributed by atoms with Crippen LogP contribution in [0, 0.1) is 11.3 Å². The lowest BCUT2D eigenvalue weighted by Gasteiger charge is -2.35. The van der Waals surface area contributed by atoms with E-state index in [2.05, 4.69) is 317 Å². The molecule has 87 heavy (non-hydrogen) atoms. The number of nitriles is 1. The Hall–Kier alpha value is -11.4. The Morgan fingerprint density at radius 3 is 1.20 bits per heavy atom. The minimum Gasteiger partial charge on any atom is -0.458 e. The molecule has 0 N–H and O–H groups in total. The predicted molar refractivity (Wildman–Crippen MR) is 361 cm³/mol. The number of rotatable bonds is 8. The lowest BCUT2D eigenvalue weighted by atomic mass is 9.34. The molecule has 16 aromatic rings. The molecule has 2 aliphatic rings. The van der Waals surface area contributed by atoms with E-state index in [4.69, 9.17) is 9.47 Å². The maximum absolute atomic E-state index is 12.3. The van der Waals surface area contributed by atoms with Crippen molar-refractivity contribution in [1.82, 2.24) is 13.7 Å². The van der Waals surface area contributed by atoms with Gasteiger partial charge in [0, 0.05) is 43.3 Å². The van der Waals surface area contributed by atoms with Crippen LogP contribution in [0.4, 0.5) is 0 Å². The van der Waals surface area contributed by atoms with Crippen LogP contribution in [0.25, 0.3) is 93.6 Å². The van der Waals surface area contributed by atoms with Crippen LogP contribution in [-0.4, -0.2) is 28.5 Å². The highest BCUT2D eigenvalue weighted by Crippen LogP contribution is 2.49. The van der Waals surface area contributed by atoms with Crippen molar-refractivity contribution in [3.05, 3.63) is 303 Å². The fourth-order valence-electron chi connectivity index (χ4n) is 15.0. The predicted octanol–water partition coefficient (Wildman–Crippen LogP) is 14.6. The maximum atomic E-state index is 12.3. The van der Waals surface area contributed by atoms with Gasteiger partial charge in [0.25, 0.3) is 6.71 Å². The molecule has 0 amide bonds. The van der Waals surface area contributed by atoms with Crippen molar-refractivity contribution in [2.45, 2.75) is 0 Å². The number of para-hydroxylation sites is 7. The monoisotopic (exact) mass is 1120 g/mol. The summed E-state index contributed by atoms with van der Waals surface area (Å²) in [5.41, 5.74) is 13.9. The molecular weight excluding hydrogens is 1080 g/mol. The Balaban J connectivity index is 0.991. The summed E-state index contributed by atoms with van der Waals surface area (Å²) < 4.78 is 21.8. The van der Waals surface area contributed by atoms with E-state index < -0.39 is 8.07 Å². The second kappa shape index (κ2) is 19.1. The average Bonchev–Trinajstić information content (AvgIpc) is 1.79. The topological polar surface area (TPSA) is 57.0 Å². The second-order valence-corrected chi connectivity index (χ2v) is 26.7. The van der Waals surface area contributed by atoms with Gasteiger partial charge in [0.1, 0.15) is 28.9 Å². The first-order chi connectivity index (χ1) is 43.2. The van der Waals surface area contributed by atoms with Crippen LogP contribution >= 0.6 is 0 Å². The minimum atomic E-state index is -2.97. The van der Waals surface area contributed by atoms with Gasteiger partial charge >= 0.3 is 0 Å². The van der Waals surface area contributed by atoms with Crippen molar-refractivity contribution >= 4 is 117 Å². The lowest BCUT2D eigenvalue weighted by Crippen LogP contribution is -2.74. The fraction of sp³-hybridized carbons (Fsp3) is 0. The van der Waals surface area contributed by atoms with Crippen molar-refractivity contribution in [2.75, 3.05) is 0 Å². The van der Waals surface area contributed by atoms with Gasteiger partial charge in [0.15, 0.2) is 13.8 Å².